The van der Waals surface area contributed by atoms with Crippen LogP contribution in [-0.2, 0) is 0 Å². The molecule has 4 heteroatoms. The molecule has 0 saturated carbocycles. The molecule has 0 fully saturated rings. The lowest BCUT2D eigenvalue weighted by Gasteiger charge is -2.10. The first-order chi connectivity index (χ1) is 7.11. The summed E-state index contributed by atoms with van der Waals surface area (Å²) in [6.07, 6.45) is 0. The summed E-state index contributed by atoms with van der Waals surface area (Å²) < 4.78 is 5.03. The van der Waals surface area contributed by atoms with E-state index in [1.54, 1.807) is 26.1 Å². The molecule has 0 aromatic heterocycles. The summed E-state index contributed by atoms with van der Waals surface area (Å²) in [7, 11) is 3.13. The van der Waals surface area contributed by atoms with Gasteiger partial charge in [-0.05, 0) is 25.6 Å². The summed E-state index contributed by atoms with van der Waals surface area (Å²) in [6, 6.07) is 3.36. The fourth-order valence-corrected chi connectivity index (χ4v) is 1.35. The van der Waals surface area contributed by atoms with Gasteiger partial charge in [-0.1, -0.05) is 6.07 Å². The average molecular weight is 209 g/mol. The molecule has 0 radical (unpaired) electrons. The highest BCUT2D eigenvalue weighted by Gasteiger charge is 2.16. The summed E-state index contributed by atoms with van der Waals surface area (Å²) in [5.74, 6) is 0.166. The number of rotatable bonds is 4. The van der Waals surface area contributed by atoms with Gasteiger partial charge in [-0.25, -0.2) is 0 Å². The van der Waals surface area contributed by atoms with E-state index in [0.29, 0.717) is 11.1 Å². The summed E-state index contributed by atoms with van der Waals surface area (Å²) in [4.78, 5) is 11.6. The van der Waals surface area contributed by atoms with E-state index in [1.807, 2.05) is 0 Å². The Balaban J connectivity index is 3.18. The van der Waals surface area contributed by atoms with Crippen molar-refractivity contribution in [2.24, 2.45) is 0 Å². The van der Waals surface area contributed by atoms with Gasteiger partial charge < -0.3 is 15.2 Å². The van der Waals surface area contributed by atoms with Crippen molar-refractivity contribution in [2.75, 3.05) is 20.7 Å². The van der Waals surface area contributed by atoms with E-state index in [4.69, 9.17) is 4.74 Å². The van der Waals surface area contributed by atoms with Crippen LogP contribution < -0.4 is 10.1 Å². The summed E-state index contributed by atoms with van der Waals surface area (Å²) in [5, 5.41) is 12.5. The van der Waals surface area contributed by atoms with Crippen molar-refractivity contribution in [3.63, 3.8) is 0 Å². The molecule has 1 rings (SSSR count). The molecule has 0 spiro atoms. The summed E-state index contributed by atoms with van der Waals surface area (Å²) >= 11 is 0. The number of phenols is 1. The van der Waals surface area contributed by atoms with E-state index >= 15 is 0 Å². The topological polar surface area (TPSA) is 58.6 Å². The Kier molecular flexibility index (Phi) is 3.68. The van der Waals surface area contributed by atoms with Gasteiger partial charge in [0.15, 0.2) is 17.3 Å². The van der Waals surface area contributed by atoms with E-state index in [0.717, 1.165) is 0 Å². The lowest BCUT2D eigenvalue weighted by Crippen LogP contribution is -2.19. The Morgan fingerprint density at radius 3 is 2.73 bits per heavy atom. The summed E-state index contributed by atoms with van der Waals surface area (Å²) in [6.45, 7) is 1.98. The zero-order chi connectivity index (χ0) is 11.4. The van der Waals surface area contributed by atoms with Crippen molar-refractivity contribution < 1.29 is 14.6 Å². The van der Waals surface area contributed by atoms with E-state index in [1.165, 1.54) is 7.11 Å². The van der Waals surface area contributed by atoms with Crippen LogP contribution in [0.5, 0.6) is 11.5 Å². The van der Waals surface area contributed by atoms with Gasteiger partial charge in [-0.3, -0.25) is 4.79 Å². The van der Waals surface area contributed by atoms with Gasteiger partial charge in [0.25, 0.3) is 0 Å². The molecule has 4 nitrogen and oxygen atoms in total. The van der Waals surface area contributed by atoms with Gasteiger partial charge in [0.05, 0.1) is 19.2 Å². The molecule has 82 valence electrons. The van der Waals surface area contributed by atoms with Crippen LogP contribution >= 0.6 is 0 Å². The highest BCUT2D eigenvalue weighted by molar-refractivity contribution is 6.01. The number of ether oxygens (including phenoxy) is 1. The predicted molar refractivity (Wildman–Crippen MR) is 57.7 cm³/mol. The van der Waals surface area contributed by atoms with Crippen molar-refractivity contribution in [3.8, 4) is 11.5 Å². The Hall–Kier alpha value is -1.55. The molecule has 0 atom stereocenters. The maximum absolute atomic E-state index is 11.6. The number of methoxy groups -OCH3 is 1. The Bertz CT molecular complexity index is 374. The minimum Gasteiger partial charge on any atom is -0.504 e. The number of phenolic OH excluding ortho intramolecular Hbond substituents is 1. The van der Waals surface area contributed by atoms with Crippen LogP contribution in [0.25, 0.3) is 0 Å². The molecular weight excluding hydrogens is 194 g/mol. The number of aromatic hydroxyl groups is 1. The monoisotopic (exact) mass is 209 g/mol. The number of Topliss-reactive ketones (excluding diaryl/α,β-unsaturated/α-hetero) is 1. The SMILES string of the molecule is CNCC(=O)c1ccc(C)c(O)c1OC. The number of ketones is 1. The lowest BCUT2D eigenvalue weighted by atomic mass is 10.1. The molecule has 0 amide bonds. The van der Waals surface area contributed by atoms with E-state index < -0.39 is 0 Å². The molecule has 0 aliphatic heterocycles. The first kappa shape index (κ1) is 11.5. The van der Waals surface area contributed by atoms with Gasteiger partial charge in [-0.2, -0.15) is 0 Å². The number of likely N-dealkylation sites (N-methyl/N-ethyl adjacent to an activating group) is 1. The molecule has 0 aliphatic rings. The molecule has 15 heavy (non-hydrogen) atoms. The molecule has 0 unspecified atom stereocenters. The van der Waals surface area contributed by atoms with Crippen molar-refractivity contribution in [3.05, 3.63) is 23.3 Å². The zero-order valence-corrected chi connectivity index (χ0v) is 9.13. The van der Waals surface area contributed by atoms with Gasteiger partial charge in [0, 0.05) is 0 Å². The molecule has 0 aliphatic carbocycles. The van der Waals surface area contributed by atoms with E-state index in [2.05, 4.69) is 5.32 Å². The van der Waals surface area contributed by atoms with Gasteiger partial charge >= 0.3 is 0 Å². The summed E-state index contributed by atoms with van der Waals surface area (Å²) in [5.41, 5.74) is 1.09. The van der Waals surface area contributed by atoms with Crippen LogP contribution in [0.2, 0.25) is 0 Å². The minimum absolute atomic E-state index is 0.0273. The molecule has 0 saturated heterocycles. The van der Waals surface area contributed by atoms with Gasteiger partial charge in [-0.15, -0.1) is 0 Å². The highest BCUT2D eigenvalue weighted by atomic mass is 16.5. The second kappa shape index (κ2) is 4.79. The third kappa shape index (κ3) is 2.27. The maximum atomic E-state index is 11.6. The molecule has 2 N–H and O–H groups in total. The lowest BCUT2D eigenvalue weighted by molar-refractivity contribution is 0.0990. The van der Waals surface area contributed by atoms with Crippen LogP contribution in [0, 0.1) is 6.92 Å². The molecular formula is C11H15NO3. The quantitative estimate of drug-likeness (QED) is 0.729. The Morgan fingerprint density at radius 2 is 2.20 bits per heavy atom. The third-order valence-corrected chi connectivity index (χ3v) is 2.18. The number of benzene rings is 1. The largest absolute Gasteiger partial charge is 0.504 e. The number of carbonyl (C=O) groups excluding carboxylic acids is 1. The molecule has 1 aromatic carbocycles. The first-order valence-electron chi connectivity index (χ1n) is 4.66. The fraction of sp³-hybridized carbons (Fsp3) is 0.364. The van der Waals surface area contributed by atoms with E-state index in [-0.39, 0.29) is 23.8 Å². The Labute approximate surface area is 88.9 Å². The first-order valence-corrected chi connectivity index (χ1v) is 4.66. The number of carbonyl (C=O) groups is 1. The van der Waals surface area contributed by atoms with Crippen molar-refractivity contribution in [1.82, 2.24) is 5.32 Å². The second-order valence-electron chi connectivity index (χ2n) is 3.27. The standard InChI is InChI=1S/C11H15NO3/c1-7-4-5-8(9(13)6-12-2)11(15-3)10(7)14/h4-5,12,14H,6H2,1-3H3. The van der Waals surface area contributed by atoms with Crippen LogP contribution in [-0.4, -0.2) is 31.6 Å². The number of nitrogens with one attached hydrogen (secondary N) is 1. The van der Waals surface area contributed by atoms with Crippen LogP contribution in [0.4, 0.5) is 0 Å². The van der Waals surface area contributed by atoms with E-state index in [9.17, 15) is 9.90 Å². The van der Waals surface area contributed by atoms with Crippen LogP contribution in [0.1, 0.15) is 15.9 Å². The number of hydrogen-bond acceptors (Lipinski definition) is 4. The molecule has 1 aromatic rings. The number of hydrogen-bond donors (Lipinski definition) is 2. The Morgan fingerprint density at radius 1 is 1.53 bits per heavy atom. The predicted octanol–water partition coefficient (Wildman–Crippen LogP) is 1.11. The molecule has 0 bridgehead atoms. The van der Waals surface area contributed by atoms with Crippen molar-refractivity contribution >= 4 is 5.78 Å². The van der Waals surface area contributed by atoms with Gasteiger partial charge in [0.2, 0.25) is 0 Å². The maximum Gasteiger partial charge on any atom is 0.180 e. The molecule has 0 heterocycles. The van der Waals surface area contributed by atoms with Gasteiger partial charge in [0.1, 0.15) is 0 Å². The third-order valence-electron chi connectivity index (χ3n) is 2.18. The van der Waals surface area contributed by atoms with Crippen molar-refractivity contribution in [2.45, 2.75) is 6.92 Å². The number of aryl methyl sites for hydroxylation is 1. The highest BCUT2D eigenvalue weighted by Crippen LogP contribution is 2.33. The van der Waals surface area contributed by atoms with Crippen LogP contribution in [0.3, 0.4) is 0 Å². The minimum atomic E-state index is -0.107. The van der Waals surface area contributed by atoms with Crippen molar-refractivity contribution in [1.29, 1.82) is 0 Å². The normalized spacial score (nSPS) is 10.1. The smallest absolute Gasteiger partial charge is 0.180 e. The van der Waals surface area contributed by atoms with Crippen LogP contribution in [0.15, 0.2) is 12.1 Å². The fourth-order valence-electron chi connectivity index (χ4n) is 1.35. The average Bonchev–Trinajstić information content (AvgIpc) is 2.22. The zero-order valence-electron chi connectivity index (χ0n) is 9.13. The second-order valence-corrected chi connectivity index (χ2v) is 3.27.